The van der Waals surface area contributed by atoms with Crippen molar-refractivity contribution in [1.29, 1.82) is 0 Å². The van der Waals surface area contributed by atoms with Gasteiger partial charge in [-0.2, -0.15) is 0 Å². The molecule has 0 radical (unpaired) electrons. The fraction of sp³-hybridized carbons (Fsp3) is 0.100. The highest BCUT2D eigenvalue weighted by Gasteiger charge is 2.21. The summed E-state index contributed by atoms with van der Waals surface area (Å²) < 4.78 is 0. The molecule has 5 heteroatoms. The number of carbonyl (C=O) groups is 1. The molecule has 0 amide bonds. The highest BCUT2D eigenvalue weighted by atomic mass is 35.5. The molecule has 0 atom stereocenters. The van der Waals surface area contributed by atoms with Crippen LogP contribution in [0.15, 0.2) is 72.9 Å². The number of aromatic amines is 1. The predicted octanol–water partition coefficient (Wildman–Crippen LogP) is 4.70. The Balaban J connectivity index is 1.84. The zero-order valence-corrected chi connectivity index (χ0v) is 15.0. The number of aromatic nitrogens is 1. The second kappa shape index (κ2) is 8.15. The van der Waals surface area contributed by atoms with E-state index in [4.69, 9.17) is 23.2 Å². The van der Waals surface area contributed by atoms with Crippen molar-refractivity contribution in [2.24, 2.45) is 0 Å². The van der Waals surface area contributed by atoms with E-state index in [1.54, 1.807) is 18.2 Å². The van der Waals surface area contributed by atoms with Gasteiger partial charge in [-0.15, -0.1) is 0 Å². The largest absolute Gasteiger partial charge is 0.290 e. The maximum absolute atomic E-state index is 12.7. The Kier molecular flexibility index (Phi) is 5.69. The van der Waals surface area contributed by atoms with Crippen LogP contribution in [-0.4, -0.2) is 12.3 Å². The van der Waals surface area contributed by atoms with Gasteiger partial charge in [-0.05, 0) is 29.8 Å². The molecule has 0 saturated heterocycles. The second-order valence-electron chi connectivity index (χ2n) is 5.64. The van der Waals surface area contributed by atoms with Crippen molar-refractivity contribution >= 4 is 34.8 Å². The van der Waals surface area contributed by atoms with E-state index in [1.807, 2.05) is 59.6 Å². The van der Waals surface area contributed by atoms with Crippen LogP contribution in [0.3, 0.4) is 0 Å². The van der Waals surface area contributed by atoms with E-state index in [1.165, 1.54) is 0 Å². The van der Waals surface area contributed by atoms with Gasteiger partial charge in [0, 0.05) is 11.6 Å². The first-order valence-electron chi connectivity index (χ1n) is 7.87. The van der Waals surface area contributed by atoms with Crippen LogP contribution in [0, 0.1) is 0 Å². The molecule has 1 aromatic heterocycles. The van der Waals surface area contributed by atoms with E-state index in [0.29, 0.717) is 22.2 Å². The third kappa shape index (κ3) is 4.59. The minimum absolute atomic E-state index is 0.0215. The predicted molar refractivity (Wildman–Crippen MR) is 101 cm³/mol. The van der Waals surface area contributed by atoms with Crippen LogP contribution < -0.4 is 9.88 Å². The van der Waals surface area contributed by atoms with Crippen molar-refractivity contribution in [2.45, 2.75) is 6.54 Å². The van der Waals surface area contributed by atoms with Crippen molar-refractivity contribution in [3.63, 3.8) is 0 Å². The monoisotopic (exact) mass is 371 g/mol. The van der Waals surface area contributed by atoms with E-state index in [2.05, 4.69) is 4.98 Å². The Bertz CT molecular complexity index is 854. The summed E-state index contributed by atoms with van der Waals surface area (Å²) in [4.78, 5) is 17.9. The van der Waals surface area contributed by atoms with Crippen LogP contribution in [0.2, 0.25) is 10.0 Å². The highest BCUT2D eigenvalue weighted by Crippen LogP contribution is 2.23. The molecule has 2 aromatic carbocycles. The second-order valence-corrected chi connectivity index (χ2v) is 6.46. The summed E-state index contributed by atoms with van der Waals surface area (Å²) in [5.74, 6) is 0.853. The number of anilines is 1. The van der Waals surface area contributed by atoms with E-state index in [9.17, 15) is 4.79 Å². The first-order chi connectivity index (χ1) is 12.1. The molecule has 0 spiro atoms. The van der Waals surface area contributed by atoms with Crippen LogP contribution >= 0.6 is 23.2 Å². The zero-order chi connectivity index (χ0) is 17.6. The van der Waals surface area contributed by atoms with Gasteiger partial charge >= 0.3 is 0 Å². The number of hydrogen-bond acceptors (Lipinski definition) is 2. The van der Waals surface area contributed by atoms with Gasteiger partial charge < -0.3 is 0 Å². The molecule has 1 heterocycles. The highest BCUT2D eigenvalue weighted by molar-refractivity contribution is 6.42. The number of ketones is 1. The van der Waals surface area contributed by atoms with E-state index in [-0.39, 0.29) is 12.3 Å². The number of Topliss-reactive ketones (excluding diaryl/α,β-unsaturated/α-hetero) is 1. The summed E-state index contributed by atoms with van der Waals surface area (Å²) in [6.45, 7) is 0.849. The van der Waals surface area contributed by atoms with Crippen LogP contribution in [0.25, 0.3) is 0 Å². The average molecular weight is 372 g/mol. The third-order valence-corrected chi connectivity index (χ3v) is 4.56. The van der Waals surface area contributed by atoms with Gasteiger partial charge in [0.05, 0.1) is 16.2 Å². The molecule has 1 N–H and O–H groups in total. The molecule has 0 aliphatic rings. The van der Waals surface area contributed by atoms with Gasteiger partial charge in [0.2, 0.25) is 5.78 Å². The molecular formula is C20H17Cl2N2O+. The van der Waals surface area contributed by atoms with Crippen LogP contribution in [-0.2, 0) is 6.54 Å². The Morgan fingerprint density at radius 2 is 1.68 bits per heavy atom. The molecule has 0 unspecified atom stereocenters. The molecule has 3 aromatic rings. The molecule has 0 bridgehead atoms. The Morgan fingerprint density at radius 1 is 0.920 bits per heavy atom. The molecule has 3 rings (SSSR count). The topological polar surface area (TPSA) is 34.5 Å². The molecule has 0 aliphatic carbocycles. The van der Waals surface area contributed by atoms with Gasteiger partial charge in [0.1, 0.15) is 13.1 Å². The number of benzene rings is 2. The lowest BCUT2D eigenvalue weighted by Crippen LogP contribution is -2.33. The summed E-state index contributed by atoms with van der Waals surface area (Å²) in [5, 5.41) is 0.823. The summed E-state index contributed by atoms with van der Waals surface area (Å²) in [6, 6.07) is 20.8. The van der Waals surface area contributed by atoms with Crippen LogP contribution in [0.1, 0.15) is 15.9 Å². The lowest BCUT2D eigenvalue weighted by molar-refractivity contribution is -0.364. The summed E-state index contributed by atoms with van der Waals surface area (Å²) in [6.07, 6.45) is 1.84. The molecule has 0 fully saturated rings. The summed E-state index contributed by atoms with van der Waals surface area (Å²) in [5.41, 5.74) is 1.67. The first-order valence-corrected chi connectivity index (χ1v) is 8.63. The molecule has 25 heavy (non-hydrogen) atoms. The molecule has 0 aliphatic heterocycles. The van der Waals surface area contributed by atoms with Gasteiger partial charge in [0.25, 0.3) is 5.82 Å². The number of nitrogens with zero attached hydrogens (tertiary/aromatic N) is 1. The minimum Gasteiger partial charge on any atom is -0.290 e. The quantitative estimate of drug-likeness (QED) is 0.588. The maximum Gasteiger partial charge on any atom is 0.274 e. The molecule has 126 valence electrons. The summed E-state index contributed by atoms with van der Waals surface area (Å²) >= 11 is 12.0. The van der Waals surface area contributed by atoms with Crippen LogP contribution in [0.5, 0.6) is 0 Å². The number of pyridine rings is 1. The SMILES string of the molecule is O=C(CN(Cc1ccccc1)c1cccc[nH+]1)c1ccc(Cl)c(Cl)c1. The summed E-state index contributed by atoms with van der Waals surface area (Å²) in [7, 11) is 0. The number of rotatable bonds is 6. The third-order valence-electron chi connectivity index (χ3n) is 3.83. The molecule has 0 saturated carbocycles. The number of nitrogens with one attached hydrogen (secondary N) is 1. The lowest BCUT2D eigenvalue weighted by atomic mass is 10.1. The smallest absolute Gasteiger partial charge is 0.274 e. The van der Waals surface area contributed by atoms with Crippen molar-refractivity contribution in [2.75, 3.05) is 11.4 Å². The number of carbonyl (C=O) groups excluding carboxylic acids is 1. The van der Waals surface area contributed by atoms with Gasteiger partial charge in [0.15, 0.2) is 0 Å². The fourth-order valence-corrected chi connectivity index (χ4v) is 2.84. The maximum atomic E-state index is 12.7. The van der Waals surface area contributed by atoms with Crippen LogP contribution in [0.4, 0.5) is 5.82 Å². The average Bonchev–Trinajstić information content (AvgIpc) is 2.65. The van der Waals surface area contributed by atoms with Crippen molar-refractivity contribution in [3.8, 4) is 0 Å². The molecular weight excluding hydrogens is 355 g/mol. The molecule has 3 nitrogen and oxygen atoms in total. The minimum atomic E-state index is -0.0215. The standard InChI is InChI=1S/C20H16Cl2N2O/c21-17-10-9-16(12-18(17)22)19(25)14-24(20-8-4-5-11-23-20)13-15-6-2-1-3-7-15/h1-12H,13-14H2/p+1. The van der Waals surface area contributed by atoms with Crippen molar-refractivity contribution < 1.29 is 9.78 Å². The lowest BCUT2D eigenvalue weighted by Gasteiger charge is -2.16. The number of hydrogen-bond donors (Lipinski definition) is 0. The Morgan fingerprint density at radius 3 is 2.36 bits per heavy atom. The van der Waals surface area contributed by atoms with Gasteiger partial charge in [-0.3, -0.25) is 4.79 Å². The van der Waals surface area contributed by atoms with E-state index >= 15 is 0 Å². The normalized spacial score (nSPS) is 10.5. The van der Waals surface area contributed by atoms with E-state index < -0.39 is 0 Å². The Hall–Kier alpha value is -2.36. The number of H-pyrrole nitrogens is 1. The van der Waals surface area contributed by atoms with Gasteiger partial charge in [-0.25, -0.2) is 9.88 Å². The van der Waals surface area contributed by atoms with E-state index in [0.717, 1.165) is 11.4 Å². The van der Waals surface area contributed by atoms with Crippen molar-refractivity contribution in [1.82, 2.24) is 0 Å². The first kappa shape index (κ1) is 17.5. The number of halogens is 2. The Labute approximate surface area is 156 Å². The fourth-order valence-electron chi connectivity index (χ4n) is 2.54. The van der Waals surface area contributed by atoms with Crippen molar-refractivity contribution in [3.05, 3.63) is 94.1 Å². The van der Waals surface area contributed by atoms with Gasteiger partial charge in [-0.1, -0.05) is 59.6 Å². The zero-order valence-electron chi connectivity index (χ0n) is 13.5.